The van der Waals surface area contributed by atoms with E-state index in [4.69, 9.17) is 9.47 Å². The van der Waals surface area contributed by atoms with E-state index in [0.717, 1.165) is 0 Å². The number of hydrogen-bond donors (Lipinski definition) is 2. The van der Waals surface area contributed by atoms with E-state index >= 15 is 0 Å². The van der Waals surface area contributed by atoms with Crippen LogP contribution in [0.25, 0.3) is 0 Å². The predicted molar refractivity (Wildman–Crippen MR) is 61.1 cm³/mol. The highest BCUT2D eigenvalue weighted by Crippen LogP contribution is 2.43. The fourth-order valence-electron chi connectivity index (χ4n) is 3.11. The van der Waals surface area contributed by atoms with Gasteiger partial charge in [-0.2, -0.15) is 0 Å². The molecule has 17 heavy (non-hydrogen) atoms. The summed E-state index contributed by atoms with van der Waals surface area (Å²) in [5.41, 5.74) is 0. The zero-order valence-electron chi connectivity index (χ0n) is 9.98. The summed E-state index contributed by atoms with van der Waals surface area (Å²) in [6, 6.07) is 0. The van der Waals surface area contributed by atoms with Gasteiger partial charge >= 0.3 is 0 Å². The molecule has 0 bridgehead atoms. The number of hydrogen-bond acceptors (Lipinski definition) is 4. The van der Waals surface area contributed by atoms with Gasteiger partial charge in [-0.3, -0.25) is 0 Å². The summed E-state index contributed by atoms with van der Waals surface area (Å²) < 4.78 is 11.4. The number of rotatable bonds is 0. The fraction of sp³-hybridized carbons (Fsp3) is 0.692. The van der Waals surface area contributed by atoms with Crippen molar-refractivity contribution in [3.05, 3.63) is 24.3 Å². The van der Waals surface area contributed by atoms with Gasteiger partial charge in [0.05, 0.1) is 12.2 Å². The smallest absolute Gasteiger partial charge is 0.164 e. The average molecular weight is 238 g/mol. The molecule has 0 spiro atoms. The van der Waals surface area contributed by atoms with E-state index in [0.29, 0.717) is 0 Å². The summed E-state index contributed by atoms with van der Waals surface area (Å²) >= 11 is 0. The van der Waals surface area contributed by atoms with Gasteiger partial charge in [0, 0.05) is 11.8 Å². The summed E-state index contributed by atoms with van der Waals surface area (Å²) in [5, 5.41) is 20.6. The highest BCUT2D eigenvalue weighted by molar-refractivity contribution is 5.21. The Bertz CT molecular complexity index is 340. The van der Waals surface area contributed by atoms with E-state index in [1.54, 1.807) is 13.8 Å². The van der Waals surface area contributed by atoms with Gasteiger partial charge in [-0.05, 0) is 13.8 Å². The molecule has 6 atom stereocenters. The monoisotopic (exact) mass is 238 g/mol. The van der Waals surface area contributed by atoms with Crippen LogP contribution in [0, 0.1) is 11.8 Å². The number of allylic oxidation sites excluding steroid dienone is 2. The molecule has 4 heteroatoms. The normalized spacial score (nSPS) is 51.1. The lowest BCUT2D eigenvalue weighted by Crippen LogP contribution is -2.56. The molecule has 94 valence electrons. The molecule has 0 aromatic carbocycles. The molecule has 3 aliphatic rings. The minimum Gasteiger partial charge on any atom is -0.390 e. The molecule has 4 nitrogen and oxygen atoms in total. The molecule has 0 radical (unpaired) electrons. The van der Waals surface area contributed by atoms with Crippen molar-refractivity contribution in [2.24, 2.45) is 11.8 Å². The van der Waals surface area contributed by atoms with Crippen LogP contribution in [-0.4, -0.2) is 40.4 Å². The molecular formula is C13H18O4. The summed E-state index contributed by atoms with van der Waals surface area (Å²) in [5.74, 6) is -0.916. The van der Waals surface area contributed by atoms with Crippen molar-refractivity contribution >= 4 is 0 Å². The lowest BCUT2D eigenvalue weighted by molar-refractivity contribution is -0.157. The van der Waals surface area contributed by atoms with Crippen LogP contribution in [0.5, 0.6) is 0 Å². The van der Waals surface area contributed by atoms with E-state index in [-0.39, 0.29) is 11.8 Å². The van der Waals surface area contributed by atoms with E-state index in [9.17, 15) is 10.2 Å². The molecule has 1 aliphatic heterocycles. The molecular weight excluding hydrogens is 220 g/mol. The Morgan fingerprint density at radius 1 is 0.882 bits per heavy atom. The molecule has 3 rings (SSSR count). The molecule has 0 aromatic heterocycles. The first kappa shape index (κ1) is 11.4. The van der Waals surface area contributed by atoms with Crippen molar-refractivity contribution in [3.63, 3.8) is 0 Å². The van der Waals surface area contributed by atoms with Crippen LogP contribution in [-0.2, 0) is 9.47 Å². The van der Waals surface area contributed by atoms with Crippen LogP contribution in [0.1, 0.15) is 13.8 Å². The zero-order chi connectivity index (χ0) is 12.2. The first-order chi connectivity index (χ1) is 7.99. The van der Waals surface area contributed by atoms with Crippen molar-refractivity contribution in [2.45, 2.75) is 44.1 Å². The summed E-state index contributed by atoms with van der Waals surface area (Å²) in [6.07, 6.45) is 5.52. The molecule has 1 saturated heterocycles. The van der Waals surface area contributed by atoms with Gasteiger partial charge < -0.3 is 19.7 Å². The first-order valence-corrected chi connectivity index (χ1v) is 6.06. The van der Waals surface area contributed by atoms with Gasteiger partial charge in [0.25, 0.3) is 0 Å². The third-order valence-corrected chi connectivity index (χ3v) is 3.85. The maximum Gasteiger partial charge on any atom is 0.164 e. The molecule has 2 fully saturated rings. The molecule has 0 amide bonds. The van der Waals surface area contributed by atoms with Crippen molar-refractivity contribution in [3.8, 4) is 0 Å². The zero-order valence-corrected chi connectivity index (χ0v) is 9.98. The fourth-order valence-corrected chi connectivity index (χ4v) is 3.11. The van der Waals surface area contributed by atoms with Crippen molar-refractivity contribution in [1.82, 2.24) is 0 Å². The molecule has 0 unspecified atom stereocenters. The van der Waals surface area contributed by atoms with Gasteiger partial charge in [-0.25, -0.2) is 0 Å². The Morgan fingerprint density at radius 3 is 1.71 bits per heavy atom. The van der Waals surface area contributed by atoms with E-state index in [1.165, 1.54) is 0 Å². The van der Waals surface area contributed by atoms with E-state index in [2.05, 4.69) is 0 Å². The lowest BCUT2D eigenvalue weighted by atomic mass is 9.71. The van der Waals surface area contributed by atoms with Crippen LogP contribution in [0.15, 0.2) is 24.3 Å². The van der Waals surface area contributed by atoms with E-state index < -0.39 is 30.2 Å². The predicted octanol–water partition coefficient (Wildman–Crippen LogP) is 0.600. The maximum absolute atomic E-state index is 10.3. The second-order valence-corrected chi connectivity index (χ2v) is 5.47. The average Bonchev–Trinajstić information content (AvgIpc) is 2.63. The Morgan fingerprint density at radius 2 is 1.29 bits per heavy atom. The van der Waals surface area contributed by atoms with Crippen molar-refractivity contribution < 1.29 is 19.7 Å². The standard InChI is InChI=1S/C13H18O4/c1-13(2)16-11-9(14)7-5-3-4-6-8(7)10(15)12(11)17-13/h3-12,14-15H,1-2H3/t7-,8+,9+,10-,11+,12-. The van der Waals surface area contributed by atoms with Crippen molar-refractivity contribution in [2.75, 3.05) is 0 Å². The van der Waals surface area contributed by atoms with Gasteiger partial charge in [0.2, 0.25) is 0 Å². The Kier molecular flexibility index (Phi) is 2.45. The maximum atomic E-state index is 10.3. The number of ether oxygens (including phenoxy) is 2. The van der Waals surface area contributed by atoms with Gasteiger partial charge in [-0.15, -0.1) is 0 Å². The van der Waals surface area contributed by atoms with Crippen LogP contribution in [0.2, 0.25) is 0 Å². The molecule has 1 heterocycles. The highest BCUT2D eigenvalue weighted by Gasteiger charge is 2.56. The van der Waals surface area contributed by atoms with Gasteiger partial charge in [0.15, 0.2) is 5.79 Å². The topological polar surface area (TPSA) is 58.9 Å². The summed E-state index contributed by atoms with van der Waals surface area (Å²) in [4.78, 5) is 0. The third kappa shape index (κ3) is 1.67. The minimum atomic E-state index is -0.738. The largest absolute Gasteiger partial charge is 0.390 e. The second kappa shape index (κ2) is 3.65. The molecule has 0 aromatic rings. The van der Waals surface area contributed by atoms with Gasteiger partial charge in [0.1, 0.15) is 12.2 Å². The molecule has 2 N–H and O–H groups in total. The van der Waals surface area contributed by atoms with Crippen LogP contribution in [0.3, 0.4) is 0 Å². The SMILES string of the molecule is CC1(C)O[C@@H]2[C@H](O)[C@H]3C=CC=C[C@H]3[C@H](O)[C@@H]2O1. The van der Waals surface area contributed by atoms with Crippen LogP contribution >= 0.6 is 0 Å². The first-order valence-electron chi connectivity index (χ1n) is 6.06. The third-order valence-electron chi connectivity index (χ3n) is 3.85. The molecule has 2 aliphatic carbocycles. The number of aliphatic hydroxyl groups is 2. The van der Waals surface area contributed by atoms with Gasteiger partial charge in [-0.1, -0.05) is 24.3 Å². The van der Waals surface area contributed by atoms with Crippen molar-refractivity contribution in [1.29, 1.82) is 0 Å². The second-order valence-electron chi connectivity index (χ2n) is 5.47. The Balaban J connectivity index is 1.93. The Hall–Kier alpha value is -0.680. The number of aliphatic hydroxyl groups excluding tert-OH is 2. The molecule has 1 saturated carbocycles. The van der Waals surface area contributed by atoms with Crippen LogP contribution < -0.4 is 0 Å². The van der Waals surface area contributed by atoms with E-state index in [1.807, 2.05) is 24.3 Å². The minimum absolute atomic E-state index is 0.0891. The quantitative estimate of drug-likeness (QED) is 0.649. The number of fused-ring (bicyclic) bond motifs is 2. The Labute approximate surface area is 101 Å². The summed E-state index contributed by atoms with van der Waals surface area (Å²) in [6.45, 7) is 3.61. The highest BCUT2D eigenvalue weighted by atomic mass is 16.8. The summed E-state index contributed by atoms with van der Waals surface area (Å²) in [7, 11) is 0. The van der Waals surface area contributed by atoms with Crippen LogP contribution in [0.4, 0.5) is 0 Å². The lowest BCUT2D eigenvalue weighted by Gasteiger charge is -2.42.